The summed E-state index contributed by atoms with van der Waals surface area (Å²) in [4.78, 5) is 0. The van der Waals surface area contributed by atoms with Gasteiger partial charge < -0.3 is 8.85 Å². The predicted molar refractivity (Wildman–Crippen MR) is 88.7 cm³/mol. The van der Waals surface area contributed by atoms with Crippen molar-refractivity contribution in [1.29, 1.82) is 0 Å². The molecule has 0 unspecified atom stereocenters. The number of rotatable bonds is 10. The Labute approximate surface area is 138 Å². The molecular weight excluding hydrogens is 321 g/mol. The van der Waals surface area contributed by atoms with Gasteiger partial charge in [0.15, 0.2) is 0 Å². The molecule has 2 nitrogen and oxygen atoms in total. The summed E-state index contributed by atoms with van der Waals surface area (Å²) in [6.07, 6.45) is 0.811. The van der Waals surface area contributed by atoms with Crippen LogP contribution in [0.4, 0.5) is 13.2 Å². The van der Waals surface area contributed by atoms with E-state index in [1.54, 1.807) is 26.4 Å². The summed E-state index contributed by atoms with van der Waals surface area (Å²) in [7, 11) is 1.48. The van der Waals surface area contributed by atoms with Crippen molar-refractivity contribution in [1.82, 2.24) is 0 Å². The SMILES string of the molecule is CC[Si](CCCCCCc1ccc(C(F)(F)F)cc1)(OC)OC. The minimum Gasteiger partial charge on any atom is -0.398 e. The van der Waals surface area contributed by atoms with Crippen molar-refractivity contribution in [2.45, 2.75) is 57.3 Å². The number of aryl methyl sites for hydroxylation is 1. The first-order chi connectivity index (χ1) is 10.9. The minimum absolute atomic E-state index is 0.582. The van der Waals surface area contributed by atoms with Crippen LogP contribution in [0.15, 0.2) is 24.3 Å². The molecule has 0 bridgehead atoms. The molecule has 1 rings (SSSR count). The molecule has 132 valence electrons. The lowest BCUT2D eigenvalue weighted by atomic mass is 10.0. The Kier molecular flexibility index (Phi) is 8.29. The molecule has 0 fully saturated rings. The normalized spacial score (nSPS) is 12.6. The zero-order chi connectivity index (χ0) is 17.3. The molecule has 0 spiro atoms. The van der Waals surface area contributed by atoms with Crippen molar-refractivity contribution >= 4 is 8.56 Å². The third kappa shape index (κ3) is 6.65. The van der Waals surface area contributed by atoms with Gasteiger partial charge in [0.2, 0.25) is 0 Å². The number of unbranched alkanes of at least 4 members (excludes halogenated alkanes) is 3. The van der Waals surface area contributed by atoms with Crippen molar-refractivity contribution in [3.63, 3.8) is 0 Å². The molecule has 1 aromatic carbocycles. The van der Waals surface area contributed by atoms with Crippen LogP contribution >= 0.6 is 0 Å². The molecule has 0 heterocycles. The van der Waals surface area contributed by atoms with E-state index in [9.17, 15) is 13.2 Å². The Hall–Kier alpha value is -0.853. The van der Waals surface area contributed by atoms with Crippen LogP contribution in [-0.2, 0) is 21.4 Å². The van der Waals surface area contributed by atoms with Crippen LogP contribution < -0.4 is 0 Å². The molecule has 23 heavy (non-hydrogen) atoms. The Morgan fingerprint density at radius 2 is 1.48 bits per heavy atom. The molecule has 0 aromatic heterocycles. The third-order valence-electron chi connectivity index (χ3n) is 4.34. The number of halogens is 3. The average Bonchev–Trinajstić information content (AvgIpc) is 2.54. The van der Waals surface area contributed by atoms with E-state index < -0.39 is 20.3 Å². The quantitative estimate of drug-likeness (QED) is 0.407. The fraction of sp³-hybridized carbons (Fsp3) is 0.647. The van der Waals surface area contributed by atoms with Crippen LogP contribution in [0.5, 0.6) is 0 Å². The van der Waals surface area contributed by atoms with Crippen molar-refractivity contribution in [2.24, 2.45) is 0 Å². The summed E-state index contributed by atoms with van der Waals surface area (Å²) < 4.78 is 48.6. The molecule has 0 aliphatic carbocycles. The first kappa shape index (κ1) is 20.2. The lowest BCUT2D eigenvalue weighted by molar-refractivity contribution is -0.137. The van der Waals surface area contributed by atoms with E-state index in [0.29, 0.717) is 0 Å². The molecule has 0 atom stereocenters. The van der Waals surface area contributed by atoms with E-state index in [2.05, 4.69) is 6.92 Å². The second kappa shape index (κ2) is 9.44. The van der Waals surface area contributed by atoms with E-state index in [1.807, 2.05) is 0 Å². The lowest BCUT2D eigenvalue weighted by Crippen LogP contribution is -2.38. The topological polar surface area (TPSA) is 18.5 Å². The number of hydrogen-bond donors (Lipinski definition) is 0. The van der Waals surface area contributed by atoms with Gasteiger partial charge in [0.1, 0.15) is 0 Å². The van der Waals surface area contributed by atoms with Gasteiger partial charge in [0, 0.05) is 14.2 Å². The largest absolute Gasteiger partial charge is 0.416 e. The fourth-order valence-corrected chi connectivity index (χ4v) is 4.98. The number of alkyl halides is 3. The Morgan fingerprint density at radius 1 is 0.913 bits per heavy atom. The molecule has 0 amide bonds. The molecule has 0 saturated carbocycles. The fourth-order valence-electron chi connectivity index (χ4n) is 2.69. The highest BCUT2D eigenvalue weighted by molar-refractivity contribution is 6.67. The van der Waals surface area contributed by atoms with E-state index in [4.69, 9.17) is 8.85 Å². The van der Waals surface area contributed by atoms with Gasteiger partial charge in [0.05, 0.1) is 5.56 Å². The Bertz CT molecular complexity index is 434. The summed E-state index contributed by atoms with van der Waals surface area (Å²) in [5.41, 5.74) is 0.380. The predicted octanol–water partition coefficient (Wildman–Crippen LogP) is 5.56. The van der Waals surface area contributed by atoms with Gasteiger partial charge in [-0.2, -0.15) is 13.2 Å². The highest BCUT2D eigenvalue weighted by Gasteiger charge is 2.32. The second-order valence-electron chi connectivity index (χ2n) is 5.78. The molecule has 6 heteroatoms. The van der Waals surface area contributed by atoms with Gasteiger partial charge in [-0.05, 0) is 42.6 Å². The van der Waals surface area contributed by atoms with Crippen LogP contribution in [-0.4, -0.2) is 22.8 Å². The van der Waals surface area contributed by atoms with Crippen LogP contribution in [0.2, 0.25) is 12.1 Å². The Morgan fingerprint density at radius 3 is 1.96 bits per heavy atom. The van der Waals surface area contributed by atoms with Crippen molar-refractivity contribution in [2.75, 3.05) is 14.2 Å². The van der Waals surface area contributed by atoms with E-state index >= 15 is 0 Å². The standard InChI is InChI=1S/C17H27F3O2Si/c1-4-23(21-2,22-3)14-8-6-5-7-9-15-10-12-16(13-11-15)17(18,19)20/h10-13H,4-9,14H2,1-3H3. The number of benzene rings is 1. The van der Waals surface area contributed by atoms with Crippen LogP contribution in [0, 0.1) is 0 Å². The van der Waals surface area contributed by atoms with Gasteiger partial charge in [-0.1, -0.05) is 38.3 Å². The summed E-state index contributed by atoms with van der Waals surface area (Å²) in [6.45, 7) is 2.10. The molecule has 0 aliphatic rings. The van der Waals surface area contributed by atoms with Crippen molar-refractivity contribution in [3.8, 4) is 0 Å². The zero-order valence-corrected chi connectivity index (χ0v) is 15.2. The molecule has 0 saturated heterocycles. The summed E-state index contributed by atoms with van der Waals surface area (Å²) in [5, 5.41) is 0. The molecule has 1 aromatic rings. The molecular formula is C17H27F3O2Si. The first-order valence-electron chi connectivity index (χ1n) is 8.13. The highest BCUT2D eigenvalue weighted by atomic mass is 28.4. The van der Waals surface area contributed by atoms with Gasteiger partial charge in [-0.3, -0.25) is 0 Å². The average molecular weight is 348 g/mol. The molecule has 0 radical (unpaired) electrons. The molecule has 0 N–H and O–H groups in total. The van der Waals surface area contributed by atoms with Gasteiger partial charge in [-0.15, -0.1) is 0 Å². The maximum Gasteiger partial charge on any atom is 0.416 e. The van der Waals surface area contributed by atoms with Crippen LogP contribution in [0.25, 0.3) is 0 Å². The Balaban J connectivity index is 2.25. The van der Waals surface area contributed by atoms with Gasteiger partial charge >= 0.3 is 14.7 Å². The second-order valence-corrected chi connectivity index (χ2v) is 9.63. The van der Waals surface area contributed by atoms with Crippen LogP contribution in [0.1, 0.15) is 43.7 Å². The van der Waals surface area contributed by atoms with E-state index in [1.165, 1.54) is 0 Å². The van der Waals surface area contributed by atoms with E-state index in [-0.39, 0.29) is 0 Å². The summed E-state index contributed by atoms with van der Waals surface area (Å²) in [6, 6.07) is 7.42. The first-order valence-corrected chi connectivity index (χ1v) is 10.4. The smallest absolute Gasteiger partial charge is 0.398 e. The summed E-state index contributed by atoms with van der Waals surface area (Å²) >= 11 is 0. The lowest BCUT2D eigenvalue weighted by Gasteiger charge is -2.25. The van der Waals surface area contributed by atoms with E-state index in [0.717, 1.165) is 61.9 Å². The monoisotopic (exact) mass is 348 g/mol. The van der Waals surface area contributed by atoms with Crippen molar-refractivity contribution in [3.05, 3.63) is 35.4 Å². The van der Waals surface area contributed by atoms with Gasteiger partial charge in [-0.25, -0.2) is 0 Å². The third-order valence-corrected chi connectivity index (χ3v) is 8.02. The van der Waals surface area contributed by atoms with Gasteiger partial charge in [0.25, 0.3) is 0 Å². The minimum atomic E-state index is -4.25. The van der Waals surface area contributed by atoms with Crippen LogP contribution in [0.3, 0.4) is 0 Å². The molecule has 0 aliphatic heterocycles. The number of hydrogen-bond acceptors (Lipinski definition) is 2. The highest BCUT2D eigenvalue weighted by Crippen LogP contribution is 2.29. The summed E-state index contributed by atoms with van der Waals surface area (Å²) in [5.74, 6) is 0. The maximum atomic E-state index is 12.5. The van der Waals surface area contributed by atoms with Crippen molar-refractivity contribution < 1.29 is 22.0 Å². The maximum absolute atomic E-state index is 12.5. The zero-order valence-electron chi connectivity index (χ0n) is 14.2.